The lowest BCUT2D eigenvalue weighted by molar-refractivity contribution is -0.384. The molecule has 0 aliphatic carbocycles. The molecule has 0 saturated carbocycles. The van der Waals surface area contributed by atoms with Gasteiger partial charge in [0.15, 0.2) is 0 Å². The summed E-state index contributed by atoms with van der Waals surface area (Å²) in [6.07, 6.45) is 1.40. The van der Waals surface area contributed by atoms with Crippen molar-refractivity contribution in [2.24, 2.45) is 0 Å². The van der Waals surface area contributed by atoms with E-state index >= 15 is 0 Å². The van der Waals surface area contributed by atoms with Crippen LogP contribution >= 0.6 is 0 Å². The number of rotatable bonds is 9. The highest BCUT2D eigenvalue weighted by Gasteiger charge is 2.29. The summed E-state index contributed by atoms with van der Waals surface area (Å²) < 4.78 is 40.1. The van der Waals surface area contributed by atoms with Crippen LogP contribution in [-0.4, -0.2) is 71.7 Å². The van der Waals surface area contributed by atoms with Crippen LogP contribution in [0.1, 0.15) is 23.2 Å². The van der Waals surface area contributed by atoms with Crippen LogP contribution in [0, 0.1) is 10.1 Å². The summed E-state index contributed by atoms with van der Waals surface area (Å²) in [5.74, 6) is -0.255. The Labute approximate surface area is 244 Å². The van der Waals surface area contributed by atoms with Crippen molar-refractivity contribution < 1.29 is 27.6 Å². The number of para-hydroxylation sites is 1. The average molecular weight is 596 g/mol. The van der Waals surface area contributed by atoms with Gasteiger partial charge in [-0.2, -0.15) is 0 Å². The third kappa shape index (κ3) is 6.64. The van der Waals surface area contributed by atoms with Crippen LogP contribution < -0.4 is 24.6 Å². The summed E-state index contributed by atoms with van der Waals surface area (Å²) >= 11 is 0. The van der Waals surface area contributed by atoms with Crippen LogP contribution in [-0.2, 0) is 14.8 Å². The van der Waals surface area contributed by atoms with Crippen LogP contribution in [0.4, 0.5) is 17.1 Å². The highest BCUT2D eigenvalue weighted by molar-refractivity contribution is 7.90. The molecule has 0 aromatic heterocycles. The van der Waals surface area contributed by atoms with E-state index in [1.165, 1.54) is 18.2 Å². The molecule has 13 heteroatoms. The maximum absolute atomic E-state index is 13.4. The van der Waals surface area contributed by atoms with Crippen LogP contribution in [0.3, 0.4) is 0 Å². The molecule has 2 aliphatic rings. The Hall–Kier alpha value is -4.20. The van der Waals surface area contributed by atoms with Gasteiger partial charge in [0.2, 0.25) is 0 Å². The minimum absolute atomic E-state index is 0.00619. The number of piperazine rings is 1. The van der Waals surface area contributed by atoms with Crippen molar-refractivity contribution >= 4 is 33.0 Å². The summed E-state index contributed by atoms with van der Waals surface area (Å²) in [5.41, 5.74) is 0.764. The number of nitro benzene ring substituents is 1. The molecule has 0 radical (unpaired) electrons. The fraction of sp³-hybridized carbons (Fsp3) is 0.345. The molecule has 12 nitrogen and oxygen atoms in total. The van der Waals surface area contributed by atoms with E-state index in [4.69, 9.17) is 9.47 Å². The van der Waals surface area contributed by atoms with Gasteiger partial charge in [-0.05, 0) is 49.2 Å². The molecule has 3 aromatic carbocycles. The second kappa shape index (κ2) is 12.8. The summed E-state index contributed by atoms with van der Waals surface area (Å²) in [4.78, 5) is 28.3. The first kappa shape index (κ1) is 29.3. The molecule has 3 aromatic rings. The highest BCUT2D eigenvalue weighted by Crippen LogP contribution is 2.34. The maximum Gasteiger partial charge on any atom is 0.293 e. The summed E-state index contributed by atoms with van der Waals surface area (Å²) in [5, 5.41) is 15.3. The topological polar surface area (TPSA) is 143 Å². The first-order chi connectivity index (χ1) is 20.2. The van der Waals surface area contributed by atoms with Gasteiger partial charge in [-0.3, -0.25) is 14.9 Å². The lowest BCUT2D eigenvalue weighted by Crippen LogP contribution is -2.43. The van der Waals surface area contributed by atoms with E-state index in [1.54, 1.807) is 48.3 Å². The lowest BCUT2D eigenvalue weighted by atomic mass is 10.1. The third-order valence-electron chi connectivity index (χ3n) is 7.46. The Morgan fingerprint density at radius 1 is 1.07 bits per heavy atom. The number of sulfonamides is 1. The van der Waals surface area contributed by atoms with E-state index < -0.39 is 25.7 Å². The van der Waals surface area contributed by atoms with Crippen molar-refractivity contribution in [2.75, 3.05) is 56.2 Å². The zero-order chi connectivity index (χ0) is 29.7. The van der Waals surface area contributed by atoms with Crippen molar-refractivity contribution in [3.63, 3.8) is 0 Å². The molecule has 0 unspecified atom stereocenters. The molecule has 2 saturated heterocycles. The fourth-order valence-electron chi connectivity index (χ4n) is 5.14. The predicted octanol–water partition coefficient (Wildman–Crippen LogP) is 3.53. The van der Waals surface area contributed by atoms with E-state index in [0.29, 0.717) is 37.5 Å². The smallest absolute Gasteiger partial charge is 0.293 e. The molecule has 5 rings (SSSR count). The maximum atomic E-state index is 13.4. The molecule has 2 heterocycles. The quantitative estimate of drug-likeness (QED) is 0.279. The molecule has 0 atom stereocenters. The van der Waals surface area contributed by atoms with Crippen molar-refractivity contribution in [1.82, 2.24) is 10.0 Å². The van der Waals surface area contributed by atoms with Crippen molar-refractivity contribution in [1.29, 1.82) is 0 Å². The number of carbonyl (C=O) groups is 1. The molecular weight excluding hydrogens is 562 g/mol. The van der Waals surface area contributed by atoms with Gasteiger partial charge in [-0.25, -0.2) is 13.1 Å². The summed E-state index contributed by atoms with van der Waals surface area (Å²) in [7, 11) is -2.73. The summed E-state index contributed by atoms with van der Waals surface area (Å²) in [6, 6.07) is 17.5. The van der Waals surface area contributed by atoms with Crippen LogP contribution in [0.15, 0.2) is 71.6 Å². The first-order valence-electron chi connectivity index (χ1n) is 13.7. The van der Waals surface area contributed by atoms with Crippen LogP contribution in [0.5, 0.6) is 11.5 Å². The number of hydrogen-bond donors (Lipinski definition) is 2. The van der Waals surface area contributed by atoms with Gasteiger partial charge in [0.05, 0.1) is 15.4 Å². The highest BCUT2D eigenvalue weighted by atomic mass is 32.2. The molecule has 2 N–H and O–H groups in total. The number of carbonyl (C=O) groups excluding carboxylic acids is 1. The average Bonchev–Trinajstić information content (AvgIpc) is 3.01. The van der Waals surface area contributed by atoms with E-state index in [9.17, 15) is 23.3 Å². The molecule has 42 heavy (non-hydrogen) atoms. The minimum Gasteiger partial charge on any atom is -0.456 e. The Bertz CT molecular complexity index is 1540. The number of nitrogens with zero attached hydrogens (tertiary/aromatic N) is 3. The number of ether oxygens (including phenoxy) is 2. The zero-order valence-electron chi connectivity index (χ0n) is 23.2. The number of anilines is 2. The van der Waals surface area contributed by atoms with E-state index in [-0.39, 0.29) is 23.0 Å². The number of nitrogens with one attached hydrogen (secondary N) is 2. The molecular formula is C29H33N5O7S. The SMILES string of the molecule is CN(c1ccc(S(=O)(=O)NC(=O)c2ccc(N3CCNCC3)cc2Oc2ccccc2)cc1[N+](=O)[O-])C1CCOCC1. The van der Waals surface area contributed by atoms with Gasteiger partial charge in [0.25, 0.3) is 21.6 Å². The van der Waals surface area contributed by atoms with Gasteiger partial charge in [0.1, 0.15) is 17.2 Å². The second-order valence-corrected chi connectivity index (χ2v) is 11.8. The van der Waals surface area contributed by atoms with Crippen molar-refractivity contribution in [3.8, 4) is 11.5 Å². The number of hydrogen-bond acceptors (Lipinski definition) is 10. The number of amides is 1. The molecule has 0 spiro atoms. The Morgan fingerprint density at radius 2 is 1.79 bits per heavy atom. The van der Waals surface area contributed by atoms with E-state index in [1.807, 2.05) is 6.07 Å². The van der Waals surface area contributed by atoms with Crippen molar-refractivity contribution in [3.05, 3.63) is 82.4 Å². The van der Waals surface area contributed by atoms with Gasteiger partial charge >= 0.3 is 0 Å². The van der Waals surface area contributed by atoms with Gasteiger partial charge in [-0.1, -0.05) is 18.2 Å². The predicted molar refractivity (Wildman–Crippen MR) is 158 cm³/mol. The second-order valence-electron chi connectivity index (χ2n) is 10.1. The van der Waals surface area contributed by atoms with Crippen LogP contribution in [0.2, 0.25) is 0 Å². The molecule has 0 bridgehead atoms. The van der Waals surface area contributed by atoms with Crippen LogP contribution in [0.25, 0.3) is 0 Å². The third-order valence-corrected chi connectivity index (χ3v) is 8.79. The standard InChI is InChI=1S/C29H33N5O7S/c1-32(21-11-17-40-18-12-21)26-10-8-24(20-27(26)34(36)37)42(38,39)31-29(35)25-9-7-22(33-15-13-30-14-16-33)19-28(25)41-23-5-3-2-4-6-23/h2-10,19-21,30H,11-18H2,1H3,(H,31,35). The first-order valence-corrected chi connectivity index (χ1v) is 15.2. The zero-order valence-corrected chi connectivity index (χ0v) is 24.0. The molecule has 1 amide bonds. The Kier molecular flexibility index (Phi) is 8.90. The van der Waals surface area contributed by atoms with Crippen molar-refractivity contribution in [2.45, 2.75) is 23.8 Å². The Balaban J connectivity index is 1.42. The summed E-state index contributed by atoms with van der Waals surface area (Å²) in [6.45, 7) is 4.25. The van der Waals surface area contributed by atoms with E-state index in [0.717, 1.165) is 37.9 Å². The normalized spacial score (nSPS) is 16.1. The number of nitro groups is 1. The molecule has 2 aliphatic heterocycles. The fourth-order valence-corrected chi connectivity index (χ4v) is 6.12. The van der Waals surface area contributed by atoms with Gasteiger partial charge in [-0.15, -0.1) is 0 Å². The monoisotopic (exact) mass is 595 g/mol. The minimum atomic E-state index is -4.47. The molecule has 222 valence electrons. The largest absolute Gasteiger partial charge is 0.456 e. The van der Waals surface area contributed by atoms with Gasteiger partial charge in [0, 0.05) is 70.3 Å². The molecule has 2 fully saturated rings. The Morgan fingerprint density at radius 3 is 2.48 bits per heavy atom. The number of benzene rings is 3. The van der Waals surface area contributed by atoms with E-state index in [2.05, 4.69) is 14.9 Å². The lowest BCUT2D eigenvalue weighted by Gasteiger charge is -2.32. The van der Waals surface area contributed by atoms with Gasteiger partial charge < -0.3 is 24.6 Å².